The van der Waals surface area contributed by atoms with E-state index in [2.05, 4.69) is 26.7 Å². The molecule has 2 aromatic carbocycles. The van der Waals surface area contributed by atoms with E-state index >= 15 is 0 Å². The van der Waals surface area contributed by atoms with Crippen LogP contribution in [0.25, 0.3) is 0 Å². The first kappa shape index (κ1) is 19.3. The lowest BCUT2D eigenvalue weighted by atomic mass is 10.1. The molecule has 3 aromatic rings. The molecule has 0 atom stereocenters. The number of aryl methyl sites for hydroxylation is 1. The quantitative estimate of drug-likeness (QED) is 0.662. The molecule has 3 rings (SSSR count). The summed E-state index contributed by atoms with van der Waals surface area (Å²) in [7, 11) is 0. The number of anilines is 2. The minimum atomic E-state index is -0.277. The molecule has 1 amide bonds. The summed E-state index contributed by atoms with van der Waals surface area (Å²) in [6, 6.07) is 18.2. The highest BCUT2D eigenvalue weighted by atomic mass is 35.5. The number of nitrogens with zero attached hydrogens (tertiary/aromatic N) is 3. The van der Waals surface area contributed by atoms with Gasteiger partial charge in [0.05, 0.1) is 11.6 Å². The van der Waals surface area contributed by atoms with Crippen LogP contribution in [0.2, 0.25) is 5.02 Å². The summed E-state index contributed by atoms with van der Waals surface area (Å²) in [6.07, 6.45) is 0.669. The van der Waals surface area contributed by atoms with Gasteiger partial charge in [-0.3, -0.25) is 4.79 Å². The van der Waals surface area contributed by atoms with Crippen LogP contribution >= 0.6 is 11.6 Å². The Morgan fingerprint density at radius 2 is 1.96 bits per heavy atom. The fraction of sp³-hybridized carbons (Fsp3) is 0.143. The Morgan fingerprint density at radius 1 is 1.14 bits per heavy atom. The first-order valence-corrected chi connectivity index (χ1v) is 9.07. The first-order valence-electron chi connectivity index (χ1n) is 8.69. The van der Waals surface area contributed by atoms with Gasteiger partial charge in [0, 0.05) is 22.9 Å². The van der Waals surface area contributed by atoms with Gasteiger partial charge in [0.2, 0.25) is 5.95 Å². The Bertz CT molecular complexity index is 1040. The Balaban J connectivity index is 1.66. The lowest BCUT2D eigenvalue weighted by Gasteiger charge is -2.09. The Morgan fingerprint density at radius 3 is 2.75 bits per heavy atom. The summed E-state index contributed by atoms with van der Waals surface area (Å²) in [5.74, 6) is 0.0245. The molecule has 0 unspecified atom stereocenters. The highest BCUT2D eigenvalue weighted by molar-refractivity contribution is 6.30. The van der Waals surface area contributed by atoms with E-state index < -0.39 is 0 Å². The minimum absolute atomic E-state index is 0.275. The normalized spacial score (nSPS) is 10.2. The van der Waals surface area contributed by atoms with E-state index in [1.807, 2.05) is 24.3 Å². The molecular weight excluding hydrogens is 374 g/mol. The lowest BCUT2D eigenvalue weighted by Crippen LogP contribution is -2.27. The summed E-state index contributed by atoms with van der Waals surface area (Å²) in [4.78, 5) is 21.1. The number of nitriles is 1. The van der Waals surface area contributed by atoms with Crippen molar-refractivity contribution in [3.63, 3.8) is 0 Å². The molecule has 0 saturated carbocycles. The lowest BCUT2D eigenvalue weighted by molar-refractivity contribution is 0.0949. The second kappa shape index (κ2) is 8.98. The molecule has 0 spiro atoms. The van der Waals surface area contributed by atoms with Crippen molar-refractivity contribution in [2.45, 2.75) is 13.3 Å². The topological polar surface area (TPSA) is 90.7 Å². The van der Waals surface area contributed by atoms with Crippen molar-refractivity contribution in [2.24, 2.45) is 0 Å². The van der Waals surface area contributed by atoms with Crippen LogP contribution in [0.5, 0.6) is 0 Å². The third kappa shape index (κ3) is 5.29. The van der Waals surface area contributed by atoms with Crippen LogP contribution in [-0.4, -0.2) is 22.4 Å². The number of hydrogen-bond acceptors (Lipinski definition) is 5. The van der Waals surface area contributed by atoms with Crippen LogP contribution in [0.4, 0.5) is 11.6 Å². The highest BCUT2D eigenvalue weighted by Crippen LogP contribution is 2.15. The predicted octanol–water partition coefficient (Wildman–Crippen LogP) is 4.03. The van der Waals surface area contributed by atoms with Gasteiger partial charge in [-0.2, -0.15) is 5.26 Å². The van der Waals surface area contributed by atoms with Crippen molar-refractivity contribution in [2.75, 3.05) is 11.9 Å². The molecule has 1 aromatic heterocycles. The average Bonchev–Trinajstić information content (AvgIpc) is 2.67. The van der Waals surface area contributed by atoms with E-state index in [4.69, 9.17) is 16.9 Å². The molecule has 0 aliphatic carbocycles. The van der Waals surface area contributed by atoms with Gasteiger partial charge < -0.3 is 10.6 Å². The Labute approximate surface area is 168 Å². The molecule has 6 nitrogen and oxygen atoms in total. The second-order valence-electron chi connectivity index (χ2n) is 6.17. The average molecular weight is 392 g/mol. The molecule has 1 heterocycles. The van der Waals surface area contributed by atoms with Crippen molar-refractivity contribution in [3.05, 3.63) is 82.1 Å². The van der Waals surface area contributed by atoms with Crippen molar-refractivity contribution in [3.8, 4) is 6.07 Å². The fourth-order valence-corrected chi connectivity index (χ4v) is 2.85. The van der Waals surface area contributed by atoms with Crippen molar-refractivity contribution in [1.82, 2.24) is 15.3 Å². The van der Waals surface area contributed by atoms with Gasteiger partial charge in [-0.1, -0.05) is 29.8 Å². The van der Waals surface area contributed by atoms with Gasteiger partial charge in [-0.15, -0.1) is 0 Å². The number of nitrogens with one attached hydrogen (secondary N) is 2. The molecule has 0 aliphatic rings. The van der Waals surface area contributed by atoms with Gasteiger partial charge in [0.1, 0.15) is 5.69 Å². The van der Waals surface area contributed by atoms with E-state index in [1.54, 1.807) is 37.3 Å². The van der Waals surface area contributed by atoms with Crippen LogP contribution < -0.4 is 10.6 Å². The summed E-state index contributed by atoms with van der Waals surface area (Å²) in [5, 5.41) is 15.6. The largest absolute Gasteiger partial charge is 0.350 e. The molecule has 0 radical (unpaired) electrons. The second-order valence-corrected chi connectivity index (χ2v) is 6.61. The van der Waals surface area contributed by atoms with Gasteiger partial charge in [0.25, 0.3) is 5.91 Å². The number of carbonyl (C=O) groups excluding carboxylic acids is 1. The molecule has 0 bridgehead atoms. The van der Waals surface area contributed by atoms with E-state index in [0.29, 0.717) is 40.9 Å². The standard InChI is InChI=1S/C21H18ClN5O/c1-14-10-19(20(28)24-9-8-15-4-2-6-17(22)11-15)27-21(25-14)26-18-7-3-5-16(12-18)13-23/h2-7,10-12H,8-9H2,1H3,(H,24,28)(H,25,26,27). The maximum Gasteiger partial charge on any atom is 0.270 e. The SMILES string of the molecule is Cc1cc(C(=O)NCCc2cccc(Cl)c2)nc(Nc2cccc(C#N)c2)n1. The zero-order valence-electron chi connectivity index (χ0n) is 15.2. The molecular formula is C21H18ClN5O. The number of hydrogen-bond donors (Lipinski definition) is 2. The molecule has 28 heavy (non-hydrogen) atoms. The molecule has 0 saturated heterocycles. The summed E-state index contributed by atoms with van der Waals surface area (Å²) >= 11 is 5.97. The van der Waals surface area contributed by atoms with Crippen LogP contribution in [0, 0.1) is 18.3 Å². The highest BCUT2D eigenvalue weighted by Gasteiger charge is 2.11. The van der Waals surface area contributed by atoms with Crippen molar-refractivity contribution < 1.29 is 4.79 Å². The number of benzene rings is 2. The summed E-state index contributed by atoms with van der Waals surface area (Å²) in [6.45, 7) is 2.26. The monoisotopic (exact) mass is 391 g/mol. The van der Waals surface area contributed by atoms with Gasteiger partial charge in [0.15, 0.2) is 0 Å². The van der Waals surface area contributed by atoms with Crippen molar-refractivity contribution >= 4 is 29.1 Å². The van der Waals surface area contributed by atoms with Crippen LogP contribution in [-0.2, 0) is 6.42 Å². The summed E-state index contributed by atoms with van der Waals surface area (Å²) in [5.41, 5.74) is 3.19. The molecule has 0 aliphatic heterocycles. The Kier molecular flexibility index (Phi) is 6.20. The zero-order valence-corrected chi connectivity index (χ0v) is 16.0. The summed E-state index contributed by atoms with van der Waals surface area (Å²) < 4.78 is 0. The van der Waals surface area contributed by atoms with E-state index in [0.717, 1.165) is 5.56 Å². The third-order valence-electron chi connectivity index (χ3n) is 3.92. The third-order valence-corrected chi connectivity index (χ3v) is 4.16. The van der Waals surface area contributed by atoms with Gasteiger partial charge in [-0.05, 0) is 55.3 Å². The van der Waals surface area contributed by atoms with Crippen LogP contribution in [0.1, 0.15) is 27.3 Å². The number of aromatic nitrogens is 2. The first-order chi connectivity index (χ1) is 13.5. The molecule has 2 N–H and O–H groups in total. The molecule has 7 heteroatoms. The van der Waals surface area contributed by atoms with E-state index in [1.165, 1.54) is 0 Å². The van der Waals surface area contributed by atoms with E-state index in [-0.39, 0.29) is 11.6 Å². The van der Waals surface area contributed by atoms with Crippen LogP contribution in [0.3, 0.4) is 0 Å². The van der Waals surface area contributed by atoms with Crippen LogP contribution in [0.15, 0.2) is 54.6 Å². The number of halogens is 1. The molecule has 140 valence electrons. The maximum absolute atomic E-state index is 12.5. The van der Waals surface area contributed by atoms with Crippen molar-refractivity contribution in [1.29, 1.82) is 5.26 Å². The number of rotatable bonds is 6. The Hall–Kier alpha value is -3.43. The predicted molar refractivity (Wildman–Crippen MR) is 109 cm³/mol. The smallest absolute Gasteiger partial charge is 0.270 e. The minimum Gasteiger partial charge on any atom is -0.350 e. The van der Waals surface area contributed by atoms with Gasteiger partial charge in [-0.25, -0.2) is 9.97 Å². The van der Waals surface area contributed by atoms with Gasteiger partial charge >= 0.3 is 0 Å². The maximum atomic E-state index is 12.5. The molecule has 0 fully saturated rings. The zero-order chi connectivity index (χ0) is 19.9. The van der Waals surface area contributed by atoms with E-state index in [9.17, 15) is 4.79 Å². The number of amides is 1. The number of carbonyl (C=O) groups is 1. The fourth-order valence-electron chi connectivity index (χ4n) is 2.64.